The molecule has 2 aromatic rings. The fraction of sp³-hybridized carbons (Fsp3) is 0.524. The van der Waals surface area contributed by atoms with Crippen LogP contribution in [0.15, 0.2) is 36.8 Å². The van der Waals surface area contributed by atoms with Gasteiger partial charge in [0.1, 0.15) is 0 Å². The van der Waals surface area contributed by atoms with Crippen molar-refractivity contribution in [1.29, 1.82) is 0 Å². The zero-order chi connectivity index (χ0) is 18.3. The smallest absolute Gasteiger partial charge is 0.219 e. The number of hydrogen-bond acceptors (Lipinski definition) is 3. The summed E-state index contributed by atoms with van der Waals surface area (Å²) >= 11 is 0. The lowest BCUT2D eigenvalue weighted by atomic mass is 9.87. The maximum Gasteiger partial charge on any atom is 0.219 e. The Morgan fingerprint density at radius 3 is 2.73 bits per heavy atom. The number of hydrogen-bond donors (Lipinski definition) is 0. The molecule has 1 amide bonds. The molecular weight excluding hydrogens is 324 g/mol. The molecule has 0 radical (unpaired) electrons. The number of carbonyl (C=O) groups excluding carboxylic acids is 1. The Balaban J connectivity index is 1.54. The van der Waals surface area contributed by atoms with Crippen molar-refractivity contribution in [2.24, 2.45) is 11.8 Å². The predicted molar refractivity (Wildman–Crippen MR) is 101 cm³/mol. The van der Waals surface area contributed by atoms with Crippen molar-refractivity contribution in [3.05, 3.63) is 53.6 Å². The van der Waals surface area contributed by atoms with Crippen LogP contribution in [0.1, 0.15) is 36.7 Å². The largest absolute Gasteiger partial charge is 0.337 e. The van der Waals surface area contributed by atoms with E-state index in [0.717, 1.165) is 38.4 Å². The molecule has 0 aliphatic carbocycles. The number of nitrogens with zero attached hydrogens (tertiary/aromatic N) is 4. The first-order valence-corrected chi connectivity index (χ1v) is 9.62. The molecule has 0 saturated carbocycles. The van der Waals surface area contributed by atoms with Crippen LogP contribution in [0.5, 0.6) is 0 Å². The van der Waals surface area contributed by atoms with Gasteiger partial charge in [0.05, 0.1) is 18.1 Å². The quantitative estimate of drug-likeness (QED) is 0.850. The standard InChI is InChI=1S/C21H28N4O/c1-4-23-11-18(22-14-23)12-24-9-17-10-25(16(3)26)21(20(17)13-24)19-8-6-5-7-15(19)2/h5-8,11,14,17,20-21H,4,9-10,12-13H2,1-3H3/t17-,20-,21-/m1/s1. The first-order chi connectivity index (χ1) is 12.6. The van der Waals surface area contributed by atoms with E-state index < -0.39 is 0 Å². The van der Waals surface area contributed by atoms with Crippen LogP contribution in [0.4, 0.5) is 0 Å². The Morgan fingerprint density at radius 1 is 1.23 bits per heavy atom. The second kappa shape index (κ2) is 6.88. The molecule has 2 aliphatic rings. The van der Waals surface area contributed by atoms with E-state index in [1.807, 2.05) is 6.33 Å². The van der Waals surface area contributed by atoms with E-state index in [2.05, 4.69) is 63.7 Å². The van der Waals surface area contributed by atoms with Crippen molar-refractivity contribution in [3.8, 4) is 0 Å². The normalized spacial score (nSPS) is 25.7. The molecule has 0 spiro atoms. The second-order valence-electron chi connectivity index (χ2n) is 7.79. The molecule has 1 aromatic heterocycles. The molecule has 1 aromatic carbocycles. The average molecular weight is 352 g/mol. The van der Waals surface area contributed by atoms with Crippen molar-refractivity contribution in [2.75, 3.05) is 19.6 Å². The number of rotatable bonds is 4. The molecule has 2 saturated heterocycles. The van der Waals surface area contributed by atoms with Crippen molar-refractivity contribution in [1.82, 2.24) is 19.4 Å². The summed E-state index contributed by atoms with van der Waals surface area (Å²) in [5, 5.41) is 0. The fourth-order valence-corrected chi connectivity index (χ4v) is 4.80. The number of aromatic nitrogens is 2. The minimum absolute atomic E-state index is 0.195. The van der Waals surface area contributed by atoms with Gasteiger partial charge in [-0.15, -0.1) is 0 Å². The van der Waals surface area contributed by atoms with Crippen LogP contribution >= 0.6 is 0 Å². The Labute approximate surface area is 155 Å². The van der Waals surface area contributed by atoms with Crippen LogP contribution in [-0.2, 0) is 17.9 Å². The number of imidazole rings is 1. The van der Waals surface area contributed by atoms with E-state index in [-0.39, 0.29) is 11.9 Å². The van der Waals surface area contributed by atoms with Gasteiger partial charge in [-0.3, -0.25) is 9.69 Å². The van der Waals surface area contributed by atoms with Crippen LogP contribution < -0.4 is 0 Å². The van der Waals surface area contributed by atoms with Crippen LogP contribution in [-0.4, -0.2) is 44.9 Å². The molecule has 4 rings (SSSR count). The van der Waals surface area contributed by atoms with E-state index in [0.29, 0.717) is 11.8 Å². The number of likely N-dealkylation sites (tertiary alicyclic amines) is 2. The summed E-state index contributed by atoms with van der Waals surface area (Å²) in [7, 11) is 0. The van der Waals surface area contributed by atoms with Gasteiger partial charge in [-0.05, 0) is 30.9 Å². The van der Waals surface area contributed by atoms with Crippen molar-refractivity contribution < 1.29 is 4.79 Å². The summed E-state index contributed by atoms with van der Waals surface area (Å²) in [5.74, 6) is 1.26. The first-order valence-electron chi connectivity index (χ1n) is 9.62. The van der Waals surface area contributed by atoms with Gasteiger partial charge in [-0.2, -0.15) is 0 Å². The molecule has 138 valence electrons. The SMILES string of the molecule is CCn1cnc(CN2C[C@@H]3CN(C(C)=O)[C@H](c4ccccc4C)[C@@H]3C2)c1. The molecule has 26 heavy (non-hydrogen) atoms. The third kappa shape index (κ3) is 3.05. The third-order valence-electron chi connectivity index (χ3n) is 6.09. The van der Waals surface area contributed by atoms with Gasteiger partial charge < -0.3 is 9.47 Å². The lowest BCUT2D eigenvalue weighted by Gasteiger charge is -2.30. The van der Waals surface area contributed by atoms with E-state index >= 15 is 0 Å². The molecule has 3 heterocycles. The summed E-state index contributed by atoms with van der Waals surface area (Å²) in [6.07, 6.45) is 4.06. The third-order valence-corrected chi connectivity index (χ3v) is 6.09. The lowest BCUT2D eigenvalue weighted by molar-refractivity contribution is -0.130. The predicted octanol–water partition coefficient (Wildman–Crippen LogP) is 2.86. The molecular formula is C21H28N4O. The van der Waals surface area contributed by atoms with Crippen LogP contribution in [0.3, 0.4) is 0 Å². The Hall–Kier alpha value is -2.14. The highest BCUT2D eigenvalue weighted by Gasteiger charge is 2.48. The number of benzene rings is 1. The molecule has 2 fully saturated rings. The van der Waals surface area contributed by atoms with Crippen LogP contribution in [0, 0.1) is 18.8 Å². The zero-order valence-electron chi connectivity index (χ0n) is 15.9. The van der Waals surface area contributed by atoms with Crippen molar-refractivity contribution >= 4 is 5.91 Å². The number of aryl methyl sites for hydroxylation is 2. The van der Waals surface area contributed by atoms with E-state index in [4.69, 9.17) is 0 Å². The molecule has 3 atom stereocenters. The molecule has 0 unspecified atom stereocenters. The fourth-order valence-electron chi connectivity index (χ4n) is 4.80. The molecule has 5 nitrogen and oxygen atoms in total. The monoisotopic (exact) mass is 352 g/mol. The summed E-state index contributed by atoms with van der Waals surface area (Å²) < 4.78 is 2.12. The summed E-state index contributed by atoms with van der Waals surface area (Å²) in [6.45, 7) is 10.8. The van der Waals surface area contributed by atoms with Crippen molar-refractivity contribution in [3.63, 3.8) is 0 Å². The Bertz CT molecular complexity index is 799. The summed E-state index contributed by atoms with van der Waals surface area (Å²) in [5.41, 5.74) is 3.74. The second-order valence-corrected chi connectivity index (χ2v) is 7.79. The minimum Gasteiger partial charge on any atom is -0.337 e. The van der Waals surface area contributed by atoms with Crippen molar-refractivity contribution in [2.45, 2.75) is 39.9 Å². The lowest BCUT2D eigenvalue weighted by Crippen LogP contribution is -2.34. The van der Waals surface area contributed by atoms with Gasteiger partial charge >= 0.3 is 0 Å². The maximum absolute atomic E-state index is 12.3. The van der Waals surface area contributed by atoms with Gasteiger partial charge in [0, 0.05) is 51.8 Å². The summed E-state index contributed by atoms with van der Waals surface area (Å²) in [4.78, 5) is 21.4. The highest BCUT2D eigenvalue weighted by molar-refractivity contribution is 5.74. The van der Waals surface area contributed by atoms with E-state index in [9.17, 15) is 4.79 Å². The Kier molecular flexibility index (Phi) is 4.57. The van der Waals surface area contributed by atoms with E-state index in [1.54, 1.807) is 6.92 Å². The zero-order valence-corrected chi connectivity index (χ0v) is 15.9. The number of fused-ring (bicyclic) bond motifs is 1. The Morgan fingerprint density at radius 2 is 2.04 bits per heavy atom. The topological polar surface area (TPSA) is 41.4 Å². The van der Waals surface area contributed by atoms with Gasteiger partial charge in [0.25, 0.3) is 0 Å². The minimum atomic E-state index is 0.195. The number of amides is 1. The molecule has 5 heteroatoms. The van der Waals surface area contributed by atoms with Gasteiger partial charge in [0.15, 0.2) is 0 Å². The highest BCUT2D eigenvalue weighted by atomic mass is 16.2. The highest BCUT2D eigenvalue weighted by Crippen LogP contribution is 2.45. The molecule has 0 N–H and O–H groups in total. The van der Waals surface area contributed by atoms with Crippen LogP contribution in [0.2, 0.25) is 0 Å². The average Bonchev–Trinajstić information content (AvgIpc) is 3.30. The van der Waals surface area contributed by atoms with Gasteiger partial charge in [-0.1, -0.05) is 24.3 Å². The van der Waals surface area contributed by atoms with Gasteiger partial charge in [0.2, 0.25) is 5.91 Å². The van der Waals surface area contributed by atoms with E-state index in [1.165, 1.54) is 11.1 Å². The first kappa shape index (κ1) is 17.3. The summed E-state index contributed by atoms with van der Waals surface area (Å²) in [6, 6.07) is 8.73. The molecule has 2 aliphatic heterocycles. The molecule has 0 bridgehead atoms. The van der Waals surface area contributed by atoms with Gasteiger partial charge in [-0.25, -0.2) is 4.98 Å². The number of carbonyl (C=O) groups is 1. The maximum atomic E-state index is 12.3. The van der Waals surface area contributed by atoms with Crippen LogP contribution in [0.25, 0.3) is 0 Å².